The minimum Gasteiger partial charge on any atom is -0.611 e. The van der Waals surface area contributed by atoms with Gasteiger partial charge in [0.25, 0.3) is 0 Å². The van der Waals surface area contributed by atoms with Gasteiger partial charge in [0, 0.05) is 21.5 Å². The summed E-state index contributed by atoms with van der Waals surface area (Å²) in [4.78, 5) is 0.850. The topological polar surface area (TPSA) is 23.1 Å². The van der Waals surface area contributed by atoms with Crippen molar-refractivity contribution in [1.29, 1.82) is 0 Å². The Hall–Kier alpha value is -1.74. The van der Waals surface area contributed by atoms with Gasteiger partial charge in [-0.25, -0.2) is 0 Å². The average molecular weight is 327 g/mol. The van der Waals surface area contributed by atoms with Gasteiger partial charge in [0.2, 0.25) is 0 Å². The zero-order valence-electron chi connectivity index (χ0n) is 12.0. The number of halogens is 1. The van der Waals surface area contributed by atoms with Gasteiger partial charge in [-0.1, -0.05) is 60.7 Å². The van der Waals surface area contributed by atoms with E-state index in [-0.39, 0.29) is 0 Å². The van der Waals surface area contributed by atoms with Gasteiger partial charge in [0.15, 0.2) is 4.90 Å². The first-order valence-corrected chi connectivity index (χ1v) is 8.66. The molecule has 0 saturated heterocycles. The summed E-state index contributed by atoms with van der Waals surface area (Å²) in [5, 5.41) is 2.80. The van der Waals surface area contributed by atoms with Crippen LogP contribution >= 0.6 is 11.6 Å². The minimum absolute atomic E-state index is 0.464. The summed E-state index contributed by atoms with van der Waals surface area (Å²) in [6.45, 7) is 3.85. The molecule has 0 aromatic heterocycles. The van der Waals surface area contributed by atoms with Crippen LogP contribution in [0.25, 0.3) is 16.8 Å². The molecule has 1 atom stereocenters. The van der Waals surface area contributed by atoms with Gasteiger partial charge in [0.05, 0.1) is 0 Å². The lowest BCUT2D eigenvalue weighted by Crippen LogP contribution is -2.07. The van der Waals surface area contributed by atoms with Crippen LogP contribution in [0, 0.1) is 0 Å². The SMILES string of the molecule is C=Cc1ccc2ccccc2c1[S+]([O-])Cc1ccc(Cl)cc1. The maximum Gasteiger partial charge on any atom is 0.168 e. The summed E-state index contributed by atoms with van der Waals surface area (Å²) in [5.74, 6) is 0.464. The van der Waals surface area contributed by atoms with Crippen molar-refractivity contribution < 1.29 is 4.55 Å². The van der Waals surface area contributed by atoms with E-state index in [1.54, 1.807) is 6.08 Å². The molecular weight excluding hydrogens is 312 g/mol. The first-order valence-electron chi connectivity index (χ1n) is 6.96. The summed E-state index contributed by atoms with van der Waals surface area (Å²) < 4.78 is 12.9. The molecule has 3 rings (SSSR count). The fourth-order valence-corrected chi connectivity index (χ4v) is 4.09. The van der Waals surface area contributed by atoms with Crippen LogP contribution in [0.5, 0.6) is 0 Å². The largest absolute Gasteiger partial charge is 0.611 e. The molecule has 0 aliphatic rings. The minimum atomic E-state index is -1.14. The van der Waals surface area contributed by atoms with Crippen LogP contribution in [0.3, 0.4) is 0 Å². The van der Waals surface area contributed by atoms with Crippen LogP contribution in [0.2, 0.25) is 5.02 Å². The first kappa shape index (κ1) is 15.2. The van der Waals surface area contributed by atoms with Gasteiger partial charge in [-0.15, -0.1) is 0 Å². The van der Waals surface area contributed by atoms with Crippen molar-refractivity contribution in [2.75, 3.05) is 0 Å². The lowest BCUT2D eigenvalue weighted by atomic mass is 10.1. The van der Waals surface area contributed by atoms with E-state index in [4.69, 9.17) is 11.6 Å². The van der Waals surface area contributed by atoms with Crippen LogP contribution in [-0.2, 0) is 16.9 Å². The van der Waals surface area contributed by atoms with E-state index in [2.05, 4.69) is 6.58 Å². The van der Waals surface area contributed by atoms with E-state index in [0.717, 1.165) is 26.8 Å². The van der Waals surface area contributed by atoms with E-state index in [9.17, 15) is 4.55 Å². The van der Waals surface area contributed by atoms with Crippen molar-refractivity contribution in [1.82, 2.24) is 0 Å². The molecule has 0 spiro atoms. The quantitative estimate of drug-likeness (QED) is 0.585. The third kappa shape index (κ3) is 3.05. The second-order valence-electron chi connectivity index (χ2n) is 5.03. The standard InChI is InChI=1S/C19H15ClOS/c1-2-15-9-10-16-5-3-4-6-18(16)19(15)22(21)13-14-7-11-17(20)12-8-14/h2-12H,1,13H2. The van der Waals surface area contributed by atoms with E-state index in [0.29, 0.717) is 10.8 Å². The number of benzene rings is 3. The Bertz CT molecular complexity index is 811. The molecule has 0 bridgehead atoms. The molecule has 0 fully saturated rings. The van der Waals surface area contributed by atoms with Crippen LogP contribution < -0.4 is 0 Å². The van der Waals surface area contributed by atoms with E-state index >= 15 is 0 Å². The summed E-state index contributed by atoms with van der Waals surface area (Å²) in [5.41, 5.74) is 1.93. The summed E-state index contributed by atoms with van der Waals surface area (Å²) in [6.07, 6.45) is 1.77. The van der Waals surface area contributed by atoms with Gasteiger partial charge in [-0.05, 0) is 40.8 Å². The van der Waals surface area contributed by atoms with Gasteiger partial charge in [-0.2, -0.15) is 0 Å². The third-order valence-electron chi connectivity index (χ3n) is 3.57. The van der Waals surface area contributed by atoms with Crippen molar-refractivity contribution in [2.24, 2.45) is 0 Å². The molecule has 110 valence electrons. The number of hydrogen-bond donors (Lipinski definition) is 0. The van der Waals surface area contributed by atoms with E-state index < -0.39 is 11.2 Å². The molecule has 0 aliphatic heterocycles. The highest BCUT2D eigenvalue weighted by Crippen LogP contribution is 2.30. The Morgan fingerprint density at radius 1 is 1.00 bits per heavy atom. The Kier molecular flexibility index (Phi) is 4.53. The highest BCUT2D eigenvalue weighted by Gasteiger charge is 2.19. The normalized spacial score (nSPS) is 12.3. The van der Waals surface area contributed by atoms with Crippen LogP contribution in [0.1, 0.15) is 11.1 Å². The summed E-state index contributed by atoms with van der Waals surface area (Å²) in [7, 11) is 0. The summed E-state index contributed by atoms with van der Waals surface area (Å²) in [6, 6.07) is 19.5. The van der Waals surface area contributed by atoms with E-state index in [1.807, 2.05) is 60.7 Å². The smallest absolute Gasteiger partial charge is 0.168 e. The molecule has 0 N–H and O–H groups in total. The maximum atomic E-state index is 12.9. The molecule has 22 heavy (non-hydrogen) atoms. The fourth-order valence-electron chi connectivity index (χ4n) is 2.48. The molecule has 1 unspecified atom stereocenters. The average Bonchev–Trinajstić information content (AvgIpc) is 2.55. The second-order valence-corrected chi connectivity index (χ2v) is 6.85. The Balaban J connectivity index is 2.03. The molecule has 3 aromatic carbocycles. The van der Waals surface area contributed by atoms with Crippen LogP contribution in [0.4, 0.5) is 0 Å². The van der Waals surface area contributed by atoms with Gasteiger partial charge < -0.3 is 4.55 Å². The van der Waals surface area contributed by atoms with Crippen LogP contribution in [0.15, 0.2) is 72.1 Å². The van der Waals surface area contributed by atoms with Crippen LogP contribution in [-0.4, -0.2) is 4.55 Å². The molecule has 0 aliphatic carbocycles. The van der Waals surface area contributed by atoms with Crippen molar-refractivity contribution >= 4 is 39.6 Å². The predicted molar refractivity (Wildman–Crippen MR) is 95.6 cm³/mol. The molecule has 3 heteroatoms. The highest BCUT2D eigenvalue weighted by molar-refractivity contribution is 7.91. The Labute approximate surface area is 138 Å². The molecule has 1 nitrogen and oxygen atoms in total. The molecule has 0 heterocycles. The second kappa shape index (κ2) is 6.57. The number of hydrogen-bond acceptors (Lipinski definition) is 1. The Morgan fingerprint density at radius 3 is 2.45 bits per heavy atom. The monoisotopic (exact) mass is 326 g/mol. The fraction of sp³-hybridized carbons (Fsp3) is 0.0526. The Morgan fingerprint density at radius 2 is 1.73 bits per heavy atom. The van der Waals surface area contributed by atoms with Gasteiger partial charge in [0.1, 0.15) is 5.75 Å². The lowest BCUT2D eigenvalue weighted by molar-refractivity contribution is 0.595. The number of rotatable bonds is 4. The molecule has 3 aromatic rings. The molecule has 0 saturated carbocycles. The van der Waals surface area contributed by atoms with Crippen molar-refractivity contribution in [3.8, 4) is 0 Å². The van der Waals surface area contributed by atoms with Gasteiger partial charge >= 0.3 is 0 Å². The van der Waals surface area contributed by atoms with Gasteiger partial charge in [-0.3, -0.25) is 0 Å². The molecule has 0 radical (unpaired) electrons. The third-order valence-corrected chi connectivity index (χ3v) is 5.33. The van der Waals surface area contributed by atoms with Crippen molar-refractivity contribution in [3.63, 3.8) is 0 Å². The molecular formula is C19H15ClOS. The highest BCUT2D eigenvalue weighted by atomic mass is 35.5. The first-order chi connectivity index (χ1) is 10.7. The predicted octanol–water partition coefficient (Wildman–Crippen LogP) is 5.44. The lowest BCUT2D eigenvalue weighted by Gasteiger charge is -2.15. The maximum absolute atomic E-state index is 12.9. The number of fused-ring (bicyclic) bond motifs is 1. The van der Waals surface area contributed by atoms with Crippen molar-refractivity contribution in [3.05, 3.63) is 83.4 Å². The van der Waals surface area contributed by atoms with E-state index in [1.165, 1.54) is 0 Å². The zero-order chi connectivity index (χ0) is 15.5. The summed E-state index contributed by atoms with van der Waals surface area (Å²) >= 11 is 4.76. The zero-order valence-corrected chi connectivity index (χ0v) is 13.5. The molecule has 0 amide bonds. The van der Waals surface area contributed by atoms with Crippen molar-refractivity contribution in [2.45, 2.75) is 10.6 Å².